The lowest BCUT2D eigenvalue weighted by Crippen LogP contribution is -2.40. The smallest absolute Gasteiger partial charge is 0.218 e. The summed E-state index contributed by atoms with van der Waals surface area (Å²) in [5.41, 5.74) is 6.48. The van der Waals surface area contributed by atoms with Gasteiger partial charge in [0.05, 0.1) is 5.25 Å². The van der Waals surface area contributed by atoms with Crippen molar-refractivity contribution in [2.24, 2.45) is 5.73 Å². The first-order valence-electron chi connectivity index (χ1n) is 6.25. The van der Waals surface area contributed by atoms with Gasteiger partial charge >= 0.3 is 0 Å². The van der Waals surface area contributed by atoms with Gasteiger partial charge < -0.3 is 5.73 Å². The molecule has 0 amide bonds. The summed E-state index contributed by atoms with van der Waals surface area (Å²) < 4.78 is 26.1. The van der Waals surface area contributed by atoms with E-state index >= 15 is 0 Å². The van der Waals surface area contributed by atoms with Gasteiger partial charge in [-0.15, -0.1) is 0 Å². The molecule has 102 valence electrons. The molecule has 1 unspecified atom stereocenters. The van der Waals surface area contributed by atoms with Crippen LogP contribution >= 0.6 is 0 Å². The maximum Gasteiger partial charge on any atom is 0.218 e. The molecule has 2 N–H and O–H groups in total. The molecule has 0 aliphatic heterocycles. The summed E-state index contributed by atoms with van der Waals surface area (Å²) in [7, 11) is -3.30. The quantitative estimate of drug-likeness (QED) is 0.818. The van der Waals surface area contributed by atoms with Gasteiger partial charge in [0.15, 0.2) is 0 Å². The molecule has 0 fully saturated rings. The van der Waals surface area contributed by atoms with Crippen LogP contribution in [0.4, 0.5) is 0 Å². The zero-order chi connectivity index (χ0) is 13.6. The lowest BCUT2D eigenvalue weighted by atomic mass is 10.2. The number of sulfonamides is 1. The minimum atomic E-state index is -3.30. The molecule has 1 atom stereocenters. The Bertz CT molecular complexity index is 445. The summed E-state index contributed by atoms with van der Waals surface area (Å²) in [6.07, 6.45) is 0.795. The molecule has 0 saturated heterocycles. The van der Waals surface area contributed by atoms with Gasteiger partial charge in [0, 0.05) is 19.6 Å². The number of benzene rings is 1. The van der Waals surface area contributed by atoms with Crippen molar-refractivity contribution in [2.75, 3.05) is 13.1 Å². The van der Waals surface area contributed by atoms with Crippen LogP contribution in [0.2, 0.25) is 0 Å². The summed E-state index contributed by atoms with van der Waals surface area (Å²) in [6.45, 7) is 4.73. The van der Waals surface area contributed by atoms with Crippen molar-refractivity contribution in [3.8, 4) is 0 Å². The van der Waals surface area contributed by atoms with Crippen LogP contribution in [0.1, 0.15) is 25.8 Å². The van der Waals surface area contributed by atoms with E-state index in [0.717, 1.165) is 12.0 Å². The molecule has 1 aromatic carbocycles. The van der Waals surface area contributed by atoms with Gasteiger partial charge in [-0.3, -0.25) is 0 Å². The average molecular weight is 270 g/mol. The van der Waals surface area contributed by atoms with Gasteiger partial charge in [0.2, 0.25) is 10.0 Å². The first-order chi connectivity index (χ1) is 8.52. The molecule has 0 aliphatic carbocycles. The van der Waals surface area contributed by atoms with E-state index in [-0.39, 0.29) is 6.54 Å². The second-order valence-electron chi connectivity index (χ2n) is 4.41. The molecule has 4 nitrogen and oxygen atoms in total. The fourth-order valence-electron chi connectivity index (χ4n) is 1.71. The molecular formula is C13H22N2O2S. The predicted octanol–water partition coefficient (Wildman–Crippen LogP) is 1.58. The third-order valence-corrected chi connectivity index (χ3v) is 5.12. The van der Waals surface area contributed by atoms with Crippen LogP contribution in [-0.2, 0) is 16.6 Å². The number of hydrogen-bond donors (Lipinski definition) is 1. The maximum atomic E-state index is 12.3. The van der Waals surface area contributed by atoms with Crippen molar-refractivity contribution >= 4 is 10.0 Å². The second kappa shape index (κ2) is 6.87. The van der Waals surface area contributed by atoms with E-state index in [2.05, 4.69) is 0 Å². The first kappa shape index (κ1) is 15.1. The Kier molecular flexibility index (Phi) is 5.78. The topological polar surface area (TPSA) is 63.4 Å². The third kappa shape index (κ3) is 3.80. The molecule has 0 saturated carbocycles. The Labute approximate surface area is 110 Å². The lowest BCUT2D eigenvalue weighted by Gasteiger charge is -2.24. The highest BCUT2D eigenvalue weighted by atomic mass is 32.2. The van der Waals surface area contributed by atoms with E-state index in [1.54, 1.807) is 6.92 Å². The Balaban J connectivity index is 2.90. The predicted molar refractivity (Wildman–Crippen MR) is 74.6 cm³/mol. The zero-order valence-corrected chi connectivity index (χ0v) is 11.9. The number of nitrogens with two attached hydrogens (primary N) is 1. The standard InChI is InChI=1S/C13H22N2O2S/c1-3-9-15(18(16,17)12(2)10-14)11-13-7-5-4-6-8-13/h4-8,12H,3,9-11,14H2,1-2H3. The molecule has 5 heteroatoms. The molecule has 0 aliphatic rings. The Morgan fingerprint density at radius 2 is 1.89 bits per heavy atom. The SMILES string of the molecule is CCCN(Cc1ccccc1)S(=O)(=O)C(C)CN. The Hall–Kier alpha value is -0.910. The van der Waals surface area contributed by atoms with Crippen LogP contribution in [0.15, 0.2) is 30.3 Å². The van der Waals surface area contributed by atoms with Crippen molar-refractivity contribution in [2.45, 2.75) is 32.1 Å². The first-order valence-corrected chi connectivity index (χ1v) is 7.75. The second-order valence-corrected chi connectivity index (χ2v) is 6.76. The molecule has 0 heterocycles. The van der Waals surface area contributed by atoms with E-state index < -0.39 is 15.3 Å². The van der Waals surface area contributed by atoms with E-state index in [9.17, 15) is 8.42 Å². The highest BCUT2D eigenvalue weighted by molar-refractivity contribution is 7.89. The average Bonchev–Trinajstić information content (AvgIpc) is 2.38. The summed E-state index contributed by atoms with van der Waals surface area (Å²) in [4.78, 5) is 0. The van der Waals surface area contributed by atoms with Gasteiger partial charge in [-0.05, 0) is 18.9 Å². The van der Waals surface area contributed by atoms with Crippen molar-refractivity contribution in [3.63, 3.8) is 0 Å². The Morgan fingerprint density at radius 1 is 1.28 bits per heavy atom. The molecule has 0 spiro atoms. The minimum Gasteiger partial charge on any atom is -0.329 e. The van der Waals surface area contributed by atoms with E-state index in [1.807, 2.05) is 37.3 Å². The molecular weight excluding hydrogens is 248 g/mol. The third-order valence-electron chi connectivity index (χ3n) is 2.88. The molecule has 1 aromatic rings. The molecule has 0 aromatic heterocycles. The van der Waals surface area contributed by atoms with Crippen LogP contribution in [0.3, 0.4) is 0 Å². The highest BCUT2D eigenvalue weighted by Crippen LogP contribution is 2.14. The zero-order valence-electron chi connectivity index (χ0n) is 11.0. The fraction of sp³-hybridized carbons (Fsp3) is 0.538. The Morgan fingerprint density at radius 3 is 2.39 bits per heavy atom. The van der Waals surface area contributed by atoms with Crippen molar-refractivity contribution in [1.29, 1.82) is 0 Å². The van der Waals surface area contributed by atoms with Gasteiger partial charge in [0.25, 0.3) is 0 Å². The van der Waals surface area contributed by atoms with Crippen molar-refractivity contribution in [1.82, 2.24) is 4.31 Å². The monoisotopic (exact) mass is 270 g/mol. The number of rotatable bonds is 7. The molecule has 0 bridgehead atoms. The number of nitrogens with zero attached hydrogens (tertiary/aromatic N) is 1. The van der Waals surface area contributed by atoms with E-state index in [4.69, 9.17) is 5.73 Å². The number of hydrogen-bond acceptors (Lipinski definition) is 3. The molecule has 0 radical (unpaired) electrons. The van der Waals surface area contributed by atoms with E-state index in [1.165, 1.54) is 4.31 Å². The van der Waals surface area contributed by atoms with Crippen LogP contribution < -0.4 is 5.73 Å². The van der Waals surface area contributed by atoms with Crippen LogP contribution in [0, 0.1) is 0 Å². The lowest BCUT2D eigenvalue weighted by molar-refractivity contribution is 0.399. The van der Waals surface area contributed by atoms with Gasteiger partial charge in [-0.2, -0.15) is 4.31 Å². The maximum absolute atomic E-state index is 12.3. The van der Waals surface area contributed by atoms with Crippen molar-refractivity contribution < 1.29 is 8.42 Å². The van der Waals surface area contributed by atoms with E-state index in [0.29, 0.717) is 13.1 Å². The summed E-state index contributed by atoms with van der Waals surface area (Å²) in [5, 5.41) is -0.534. The van der Waals surface area contributed by atoms with Gasteiger partial charge in [-0.25, -0.2) is 8.42 Å². The largest absolute Gasteiger partial charge is 0.329 e. The molecule has 18 heavy (non-hydrogen) atoms. The van der Waals surface area contributed by atoms with Gasteiger partial charge in [0.1, 0.15) is 0 Å². The molecule has 1 rings (SSSR count). The van der Waals surface area contributed by atoms with Crippen molar-refractivity contribution in [3.05, 3.63) is 35.9 Å². The normalized spacial score (nSPS) is 13.8. The fourth-order valence-corrected chi connectivity index (χ4v) is 3.23. The van der Waals surface area contributed by atoms with Gasteiger partial charge in [-0.1, -0.05) is 37.3 Å². The summed E-state index contributed by atoms with van der Waals surface area (Å²) >= 11 is 0. The minimum absolute atomic E-state index is 0.150. The van der Waals surface area contributed by atoms with Crippen LogP contribution in [0.25, 0.3) is 0 Å². The van der Waals surface area contributed by atoms with Crippen LogP contribution in [0.5, 0.6) is 0 Å². The van der Waals surface area contributed by atoms with Crippen LogP contribution in [-0.4, -0.2) is 31.1 Å². The highest BCUT2D eigenvalue weighted by Gasteiger charge is 2.27. The summed E-state index contributed by atoms with van der Waals surface area (Å²) in [6, 6.07) is 9.62. The summed E-state index contributed by atoms with van der Waals surface area (Å²) in [5.74, 6) is 0.